The highest BCUT2D eigenvalue weighted by Crippen LogP contribution is 2.10. The lowest BCUT2D eigenvalue weighted by atomic mass is 10.1. The maximum Gasteiger partial charge on any atom is 0.0780 e. The molecule has 0 bridgehead atoms. The van der Waals surface area contributed by atoms with Crippen LogP contribution in [0, 0.1) is 0 Å². The molecule has 0 saturated heterocycles. The molecule has 0 amide bonds. The average Bonchev–Trinajstić information content (AvgIpc) is 2.19. The van der Waals surface area contributed by atoms with E-state index in [9.17, 15) is 0 Å². The first kappa shape index (κ1) is 19.6. The van der Waals surface area contributed by atoms with Crippen LogP contribution in [0.15, 0.2) is 0 Å². The zero-order valence-corrected chi connectivity index (χ0v) is 13.5. The maximum atomic E-state index is 2.29. The quantitative estimate of drug-likeness (QED) is 0.362. The highest BCUT2D eigenvalue weighted by atomic mass is 35.5. The van der Waals surface area contributed by atoms with Crippen molar-refractivity contribution in [3.05, 3.63) is 0 Å². The van der Waals surface area contributed by atoms with E-state index < -0.39 is 0 Å². The molecule has 0 saturated carbocycles. The van der Waals surface area contributed by atoms with Crippen LogP contribution in [0.4, 0.5) is 0 Å². The third-order valence-electron chi connectivity index (χ3n) is 3.18. The fourth-order valence-corrected chi connectivity index (χ4v) is 2.07. The lowest BCUT2D eigenvalue weighted by molar-refractivity contribution is -0.870. The largest absolute Gasteiger partial charge is 0.331 e. The smallest absolute Gasteiger partial charge is 0.0780 e. The molecular formula is C15H35ClN+. The van der Waals surface area contributed by atoms with Crippen molar-refractivity contribution in [1.29, 1.82) is 0 Å². The van der Waals surface area contributed by atoms with Crippen LogP contribution in [0.3, 0.4) is 0 Å². The monoisotopic (exact) mass is 264 g/mol. The first-order chi connectivity index (χ1) is 7.56. The van der Waals surface area contributed by atoms with Gasteiger partial charge in [-0.3, -0.25) is 0 Å². The van der Waals surface area contributed by atoms with Crippen LogP contribution in [0.25, 0.3) is 0 Å². The maximum absolute atomic E-state index is 2.29. The Morgan fingerprint density at radius 1 is 0.588 bits per heavy atom. The van der Waals surface area contributed by atoms with E-state index in [4.69, 9.17) is 0 Å². The molecule has 106 valence electrons. The molecule has 0 heterocycles. The Labute approximate surface area is 116 Å². The van der Waals surface area contributed by atoms with Gasteiger partial charge in [-0.15, -0.1) is 12.4 Å². The number of hydrogen-bond donors (Lipinski definition) is 0. The van der Waals surface area contributed by atoms with Gasteiger partial charge >= 0.3 is 0 Å². The summed E-state index contributed by atoms with van der Waals surface area (Å²) in [5.41, 5.74) is 0. The molecule has 0 aliphatic heterocycles. The normalized spacial score (nSPS) is 11.3. The zero-order valence-electron chi connectivity index (χ0n) is 12.6. The lowest BCUT2D eigenvalue weighted by Crippen LogP contribution is -2.35. The van der Waals surface area contributed by atoms with Gasteiger partial charge in [-0.1, -0.05) is 58.3 Å². The van der Waals surface area contributed by atoms with Crippen molar-refractivity contribution in [2.45, 2.75) is 71.1 Å². The van der Waals surface area contributed by atoms with Gasteiger partial charge in [0.15, 0.2) is 0 Å². The van der Waals surface area contributed by atoms with Crippen molar-refractivity contribution >= 4 is 12.4 Å². The molecule has 0 aromatic heterocycles. The van der Waals surface area contributed by atoms with Crippen molar-refractivity contribution < 1.29 is 4.48 Å². The first-order valence-corrected chi connectivity index (χ1v) is 7.36. The molecule has 0 spiro atoms. The molecule has 0 N–H and O–H groups in total. The predicted molar refractivity (Wildman–Crippen MR) is 82.0 cm³/mol. The summed E-state index contributed by atoms with van der Waals surface area (Å²) in [5, 5.41) is 0. The van der Waals surface area contributed by atoms with Gasteiger partial charge in [-0.05, 0) is 12.8 Å². The molecule has 0 aliphatic carbocycles. The molecule has 2 heteroatoms. The van der Waals surface area contributed by atoms with Gasteiger partial charge < -0.3 is 4.48 Å². The number of hydrogen-bond acceptors (Lipinski definition) is 0. The van der Waals surface area contributed by atoms with Crippen LogP contribution >= 0.6 is 12.4 Å². The number of nitrogens with zero attached hydrogens (tertiary/aromatic N) is 1. The Bertz CT molecular complexity index is 140. The van der Waals surface area contributed by atoms with E-state index in [1.54, 1.807) is 0 Å². The summed E-state index contributed by atoms with van der Waals surface area (Å²) in [6.45, 7) is 3.62. The first-order valence-electron chi connectivity index (χ1n) is 7.36. The highest BCUT2D eigenvalue weighted by molar-refractivity contribution is 5.85. The molecule has 0 aromatic carbocycles. The summed E-state index contributed by atoms with van der Waals surface area (Å²) < 4.78 is 1.12. The molecule has 0 aromatic rings. The summed E-state index contributed by atoms with van der Waals surface area (Å²) in [7, 11) is 6.86. The molecule has 0 aliphatic rings. The Balaban J connectivity index is 0. The van der Waals surface area contributed by atoms with Gasteiger partial charge in [0.1, 0.15) is 0 Å². The van der Waals surface area contributed by atoms with E-state index in [2.05, 4.69) is 28.1 Å². The number of quaternary nitrogens is 1. The fraction of sp³-hybridized carbons (Fsp3) is 1.00. The molecule has 17 heavy (non-hydrogen) atoms. The van der Waals surface area contributed by atoms with Crippen molar-refractivity contribution in [2.75, 3.05) is 27.7 Å². The summed E-state index contributed by atoms with van der Waals surface area (Å²) in [4.78, 5) is 0. The number of unbranched alkanes of at least 4 members (excludes halogenated alkanes) is 9. The van der Waals surface area contributed by atoms with Gasteiger partial charge in [-0.2, -0.15) is 0 Å². The highest BCUT2D eigenvalue weighted by Gasteiger charge is 2.04. The van der Waals surface area contributed by atoms with E-state index in [1.165, 1.54) is 70.8 Å². The van der Waals surface area contributed by atoms with E-state index in [0.717, 1.165) is 4.48 Å². The minimum atomic E-state index is 0. The summed E-state index contributed by atoms with van der Waals surface area (Å²) in [6.07, 6.45) is 14.4. The van der Waals surface area contributed by atoms with Crippen LogP contribution in [-0.2, 0) is 0 Å². The fourth-order valence-electron chi connectivity index (χ4n) is 2.07. The van der Waals surface area contributed by atoms with E-state index in [1.807, 2.05) is 0 Å². The predicted octanol–water partition coefficient (Wildman–Crippen LogP) is 5.04. The van der Waals surface area contributed by atoms with Crippen molar-refractivity contribution in [2.24, 2.45) is 0 Å². The van der Waals surface area contributed by atoms with E-state index in [0.29, 0.717) is 0 Å². The van der Waals surface area contributed by atoms with Crippen molar-refractivity contribution in [3.63, 3.8) is 0 Å². The summed E-state index contributed by atoms with van der Waals surface area (Å²) in [6, 6.07) is 0. The van der Waals surface area contributed by atoms with Crippen LogP contribution < -0.4 is 0 Å². The van der Waals surface area contributed by atoms with Gasteiger partial charge in [0.25, 0.3) is 0 Å². The molecule has 0 rings (SSSR count). The molecule has 0 fully saturated rings. The van der Waals surface area contributed by atoms with Crippen LogP contribution in [0.1, 0.15) is 71.1 Å². The Kier molecular flexibility index (Phi) is 14.6. The standard InChI is InChI=1S/C15H34N.ClH/c1-5-6-7-8-9-10-11-12-13-14-15-16(2,3)4;/h5-15H2,1-4H3;1H/q+1;. The number of halogens is 1. The second kappa shape index (κ2) is 12.7. The van der Waals surface area contributed by atoms with Gasteiger partial charge in [0.2, 0.25) is 0 Å². The van der Waals surface area contributed by atoms with Gasteiger partial charge in [0.05, 0.1) is 27.7 Å². The molecule has 0 atom stereocenters. The van der Waals surface area contributed by atoms with Crippen molar-refractivity contribution in [3.8, 4) is 0 Å². The second-order valence-electron chi connectivity index (χ2n) is 6.20. The Hall–Kier alpha value is 0.250. The van der Waals surface area contributed by atoms with Gasteiger partial charge in [-0.25, -0.2) is 0 Å². The van der Waals surface area contributed by atoms with E-state index >= 15 is 0 Å². The molecule has 1 nitrogen and oxygen atoms in total. The molecule has 0 unspecified atom stereocenters. The van der Waals surface area contributed by atoms with Gasteiger partial charge in [0, 0.05) is 0 Å². The Morgan fingerprint density at radius 3 is 1.29 bits per heavy atom. The zero-order chi connectivity index (χ0) is 12.3. The third-order valence-corrected chi connectivity index (χ3v) is 3.18. The Morgan fingerprint density at radius 2 is 0.941 bits per heavy atom. The topological polar surface area (TPSA) is 0 Å². The van der Waals surface area contributed by atoms with Crippen LogP contribution in [-0.4, -0.2) is 32.2 Å². The third kappa shape index (κ3) is 18.8. The second-order valence-corrected chi connectivity index (χ2v) is 6.20. The summed E-state index contributed by atoms with van der Waals surface area (Å²) in [5.74, 6) is 0. The lowest BCUT2D eigenvalue weighted by Gasteiger charge is -2.23. The van der Waals surface area contributed by atoms with Crippen LogP contribution in [0.5, 0.6) is 0 Å². The van der Waals surface area contributed by atoms with Crippen molar-refractivity contribution in [1.82, 2.24) is 0 Å². The minimum Gasteiger partial charge on any atom is -0.331 e. The molecular weight excluding hydrogens is 230 g/mol. The summed E-state index contributed by atoms with van der Waals surface area (Å²) >= 11 is 0. The van der Waals surface area contributed by atoms with Crippen LogP contribution in [0.2, 0.25) is 0 Å². The molecule has 0 radical (unpaired) electrons. The number of rotatable bonds is 11. The SMILES string of the molecule is CCCCCCCCCCCC[N+](C)(C)C.Cl. The van der Waals surface area contributed by atoms with E-state index in [-0.39, 0.29) is 12.4 Å². The average molecular weight is 265 g/mol. The minimum absolute atomic E-state index is 0.